The highest BCUT2D eigenvalue weighted by molar-refractivity contribution is 5.77. The lowest BCUT2D eigenvalue weighted by Crippen LogP contribution is -2.34. The minimum Gasteiger partial charge on any atom is -0.496 e. The fourth-order valence-electron chi connectivity index (χ4n) is 5.85. The second-order valence-corrected chi connectivity index (χ2v) is 10.5. The number of fused-ring (bicyclic) bond motifs is 1. The lowest BCUT2D eigenvalue weighted by atomic mass is 9.99. The molecule has 3 heterocycles. The first-order chi connectivity index (χ1) is 18.9. The molecule has 0 bridgehead atoms. The zero-order valence-corrected chi connectivity index (χ0v) is 23.6. The Labute approximate surface area is 230 Å². The average Bonchev–Trinajstić information content (AvgIpc) is 3.38. The minimum atomic E-state index is -1.01. The summed E-state index contributed by atoms with van der Waals surface area (Å²) in [5.74, 6) is 0.396. The van der Waals surface area contributed by atoms with Crippen molar-refractivity contribution >= 4 is 11.8 Å². The summed E-state index contributed by atoms with van der Waals surface area (Å²) < 4.78 is 31.7. The van der Waals surface area contributed by atoms with Gasteiger partial charge in [0.1, 0.15) is 17.6 Å². The number of likely N-dealkylation sites (tertiary alicyclic amines) is 1. The van der Waals surface area contributed by atoms with Crippen molar-refractivity contribution < 1.29 is 28.5 Å². The monoisotopic (exact) mass is 543 g/mol. The Morgan fingerprint density at radius 2 is 2.03 bits per heavy atom. The Hall–Kier alpha value is -2.91. The molecule has 2 aliphatic rings. The van der Waals surface area contributed by atoms with Gasteiger partial charge in [0.2, 0.25) is 0 Å². The SMILES string of the molecule is CCc1cc(F)c(OC)c([C@H](C(=O)O)N2CC[C@@H](OCCCCCc3nc4c(c(OC)c3C)CCCN4)C2)c1. The van der Waals surface area contributed by atoms with Crippen LogP contribution in [0, 0.1) is 12.7 Å². The predicted molar refractivity (Wildman–Crippen MR) is 149 cm³/mol. The largest absolute Gasteiger partial charge is 0.496 e. The molecular formula is C30H42FN3O5. The smallest absolute Gasteiger partial charge is 0.325 e. The van der Waals surface area contributed by atoms with E-state index in [-0.39, 0.29) is 11.9 Å². The lowest BCUT2D eigenvalue weighted by molar-refractivity contribution is -0.143. The molecule has 0 radical (unpaired) electrons. The number of aliphatic carboxylic acids is 1. The zero-order chi connectivity index (χ0) is 27.9. The molecule has 0 unspecified atom stereocenters. The van der Waals surface area contributed by atoms with Crippen LogP contribution >= 0.6 is 0 Å². The van der Waals surface area contributed by atoms with Crippen molar-refractivity contribution in [2.75, 3.05) is 45.8 Å². The zero-order valence-electron chi connectivity index (χ0n) is 23.6. The van der Waals surface area contributed by atoms with E-state index in [4.69, 9.17) is 19.2 Å². The number of carboxylic acid groups (broad SMARTS) is 1. The molecule has 2 N–H and O–H groups in total. The third-order valence-corrected chi connectivity index (χ3v) is 7.91. The molecule has 0 saturated carbocycles. The van der Waals surface area contributed by atoms with E-state index >= 15 is 0 Å². The first kappa shape index (κ1) is 29.1. The molecule has 214 valence electrons. The van der Waals surface area contributed by atoms with Crippen molar-refractivity contribution in [3.05, 3.63) is 45.9 Å². The van der Waals surface area contributed by atoms with Crippen LogP contribution in [0.4, 0.5) is 10.2 Å². The molecule has 9 heteroatoms. The fourth-order valence-corrected chi connectivity index (χ4v) is 5.85. The number of methoxy groups -OCH3 is 2. The number of carbonyl (C=O) groups is 1. The standard InChI is InChI=1S/C30H42FN3O5/c1-5-20-16-23(28(38-4)24(31)17-20)26(30(35)36)34-14-12-21(18-34)39-15-8-6-7-11-25-19(2)27(37-3)22-10-9-13-32-29(22)33-25/h16-17,21,26H,5-15,18H2,1-4H3,(H,32,33)(H,35,36)/t21-,26-/m1/s1. The molecule has 2 aliphatic heterocycles. The molecule has 4 rings (SSSR count). The fraction of sp³-hybridized carbons (Fsp3) is 0.600. The number of nitrogens with one attached hydrogen (secondary N) is 1. The summed E-state index contributed by atoms with van der Waals surface area (Å²) in [6, 6.07) is 2.18. The Morgan fingerprint density at radius 3 is 2.74 bits per heavy atom. The van der Waals surface area contributed by atoms with E-state index in [9.17, 15) is 14.3 Å². The van der Waals surface area contributed by atoms with Crippen molar-refractivity contribution in [1.82, 2.24) is 9.88 Å². The van der Waals surface area contributed by atoms with E-state index in [2.05, 4.69) is 12.2 Å². The van der Waals surface area contributed by atoms with E-state index < -0.39 is 17.8 Å². The molecule has 1 aromatic heterocycles. The van der Waals surface area contributed by atoms with Crippen LogP contribution in [0.1, 0.15) is 73.0 Å². The number of halogens is 1. The first-order valence-corrected chi connectivity index (χ1v) is 14.1. The molecule has 0 aliphatic carbocycles. The van der Waals surface area contributed by atoms with Gasteiger partial charge in [-0.25, -0.2) is 9.37 Å². The van der Waals surface area contributed by atoms with Crippen LogP contribution < -0.4 is 14.8 Å². The van der Waals surface area contributed by atoms with Crippen LogP contribution in [0.3, 0.4) is 0 Å². The highest BCUT2D eigenvalue weighted by Gasteiger charge is 2.36. The van der Waals surface area contributed by atoms with Crippen molar-refractivity contribution in [3.8, 4) is 11.5 Å². The molecular weight excluding hydrogens is 501 g/mol. The average molecular weight is 544 g/mol. The van der Waals surface area contributed by atoms with Crippen LogP contribution in [0.5, 0.6) is 11.5 Å². The maximum atomic E-state index is 14.6. The molecule has 1 fully saturated rings. The van der Waals surface area contributed by atoms with Gasteiger partial charge < -0.3 is 24.6 Å². The molecule has 2 aromatic rings. The molecule has 1 saturated heterocycles. The number of hydrogen-bond acceptors (Lipinski definition) is 7. The van der Waals surface area contributed by atoms with Crippen molar-refractivity contribution in [2.24, 2.45) is 0 Å². The van der Waals surface area contributed by atoms with Gasteiger partial charge in [0.25, 0.3) is 0 Å². The van der Waals surface area contributed by atoms with Gasteiger partial charge >= 0.3 is 5.97 Å². The van der Waals surface area contributed by atoms with Gasteiger partial charge in [-0.05, 0) is 69.6 Å². The summed E-state index contributed by atoms with van der Waals surface area (Å²) >= 11 is 0. The van der Waals surface area contributed by atoms with Crippen molar-refractivity contribution in [1.29, 1.82) is 0 Å². The van der Waals surface area contributed by atoms with Gasteiger partial charge in [-0.2, -0.15) is 0 Å². The maximum absolute atomic E-state index is 14.6. The number of benzene rings is 1. The Balaban J connectivity index is 1.27. The highest BCUT2D eigenvalue weighted by atomic mass is 19.1. The number of unbranched alkanes of at least 4 members (excludes halogenated alkanes) is 2. The van der Waals surface area contributed by atoms with E-state index in [0.29, 0.717) is 31.7 Å². The second kappa shape index (κ2) is 13.4. The Bertz CT molecular complexity index is 1160. The summed E-state index contributed by atoms with van der Waals surface area (Å²) in [7, 11) is 3.11. The third-order valence-electron chi connectivity index (χ3n) is 7.91. The molecule has 2 atom stereocenters. The van der Waals surface area contributed by atoms with E-state index in [1.807, 2.05) is 11.8 Å². The summed E-state index contributed by atoms with van der Waals surface area (Å²) in [6.07, 6.45) is 7.25. The lowest BCUT2D eigenvalue weighted by Gasteiger charge is -2.26. The number of carboxylic acids is 1. The second-order valence-electron chi connectivity index (χ2n) is 10.5. The van der Waals surface area contributed by atoms with Gasteiger partial charge in [-0.1, -0.05) is 13.3 Å². The molecule has 8 nitrogen and oxygen atoms in total. The van der Waals surface area contributed by atoms with Crippen LogP contribution in [-0.2, 0) is 28.8 Å². The Kier molecular flexibility index (Phi) is 10.0. The highest BCUT2D eigenvalue weighted by Crippen LogP contribution is 2.36. The summed E-state index contributed by atoms with van der Waals surface area (Å²) in [5, 5.41) is 13.5. The van der Waals surface area contributed by atoms with E-state index in [0.717, 1.165) is 79.9 Å². The van der Waals surface area contributed by atoms with Crippen LogP contribution in [-0.4, -0.2) is 67.5 Å². The van der Waals surface area contributed by atoms with Gasteiger partial charge in [-0.3, -0.25) is 9.69 Å². The number of pyridine rings is 1. The number of hydrogen-bond donors (Lipinski definition) is 2. The van der Waals surface area contributed by atoms with Crippen LogP contribution in [0.2, 0.25) is 0 Å². The van der Waals surface area contributed by atoms with E-state index in [1.54, 1.807) is 13.2 Å². The van der Waals surface area contributed by atoms with Gasteiger partial charge in [0.05, 0.1) is 20.3 Å². The summed E-state index contributed by atoms with van der Waals surface area (Å²) in [5.41, 5.74) is 4.52. The quantitative estimate of drug-likeness (QED) is 0.337. The van der Waals surface area contributed by atoms with Gasteiger partial charge in [0.15, 0.2) is 11.6 Å². The summed E-state index contributed by atoms with van der Waals surface area (Å²) in [4.78, 5) is 19.0. The number of anilines is 1. The minimum absolute atomic E-state index is 0.000947. The topological polar surface area (TPSA) is 93.2 Å². The third kappa shape index (κ3) is 6.64. The van der Waals surface area contributed by atoms with Crippen LogP contribution in [0.25, 0.3) is 0 Å². The molecule has 39 heavy (non-hydrogen) atoms. The molecule has 1 aromatic carbocycles. The Morgan fingerprint density at radius 1 is 1.23 bits per heavy atom. The van der Waals surface area contributed by atoms with Gasteiger partial charge in [-0.15, -0.1) is 0 Å². The number of aromatic nitrogens is 1. The van der Waals surface area contributed by atoms with Gasteiger partial charge in [0, 0.05) is 48.6 Å². The molecule has 0 spiro atoms. The molecule has 0 amide bonds. The number of rotatable bonds is 13. The number of nitrogens with zero attached hydrogens (tertiary/aromatic N) is 2. The maximum Gasteiger partial charge on any atom is 0.325 e. The normalized spacial score (nSPS) is 17.9. The number of ether oxygens (including phenoxy) is 3. The number of aryl methyl sites for hydroxylation is 2. The first-order valence-electron chi connectivity index (χ1n) is 14.1. The summed E-state index contributed by atoms with van der Waals surface area (Å²) in [6.45, 7) is 6.65. The van der Waals surface area contributed by atoms with E-state index in [1.165, 1.54) is 18.7 Å². The van der Waals surface area contributed by atoms with Crippen molar-refractivity contribution in [2.45, 2.75) is 77.4 Å². The van der Waals surface area contributed by atoms with Crippen molar-refractivity contribution in [3.63, 3.8) is 0 Å². The van der Waals surface area contributed by atoms with Crippen LogP contribution in [0.15, 0.2) is 12.1 Å². The predicted octanol–water partition coefficient (Wildman–Crippen LogP) is 5.10.